The quantitative estimate of drug-likeness (QED) is 0.0288. The number of hydrogen-bond acceptors (Lipinski definition) is 6. The molecule has 8 nitrogen and oxygen atoms in total. The third-order valence-electron chi connectivity index (χ3n) is 8.78. The summed E-state index contributed by atoms with van der Waals surface area (Å²) in [7, 11) is -4.34. The molecule has 1 amide bonds. The third kappa shape index (κ3) is 33.5. The van der Waals surface area contributed by atoms with Crippen molar-refractivity contribution in [2.75, 3.05) is 19.8 Å². The molecule has 48 heavy (non-hydrogen) atoms. The molecule has 0 bridgehead atoms. The van der Waals surface area contributed by atoms with Crippen molar-refractivity contribution >= 4 is 13.7 Å². The van der Waals surface area contributed by atoms with Crippen molar-refractivity contribution in [1.29, 1.82) is 0 Å². The molecule has 0 heterocycles. The maximum Gasteiger partial charge on any atom is 0.472 e. The Hall–Kier alpha value is -1.02. The zero-order valence-corrected chi connectivity index (χ0v) is 32.1. The van der Waals surface area contributed by atoms with Gasteiger partial charge in [-0.15, -0.1) is 0 Å². The van der Waals surface area contributed by atoms with Gasteiger partial charge in [0.05, 0.1) is 25.4 Å². The standard InChI is InChI=1S/C39H77N2O6P/c1-3-5-7-9-11-13-15-17-18-19-21-23-25-27-29-31-33-39(43)41-37(36-47-48(44,45)46-35-34-40)38(42)32-30-28-26-24-22-20-16-14-12-10-8-6-4-2/h22,24,30,32,37-38,42H,3-21,23,25-29,31,33-36,40H2,1-2H3,(H,41,43)(H,44,45)/b24-22+,32-30+. The average Bonchev–Trinajstić information content (AvgIpc) is 3.07. The van der Waals surface area contributed by atoms with Gasteiger partial charge < -0.3 is 21.1 Å². The molecule has 0 saturated carbocycles. The van der Waals surface area contributed by atoms with Gasteiger partial charge in [-0.05, 0) is 32.1 Å². The lowest BCUT2D eigenvalue weighted by Crippen LogP contribution is -2.45. The van der Waals surface area contributed by atoms with Crippen LogP contribution in [0.25, 0.3) is 0 Å². The van der Waals surface area contributed by atoms with Crippen LogP contribution in [0.4, 0.5) is 0 Å². The van der Waals surface area contributed by atoms with Crippen molar-refractivity contribution in [3.63, 3.8) is 0 Å². The summed E-state index contributed by atoms with van der Waals surface area (Å²) >= 11 is 0. The Labute approximate surface area is 296 Å². The van der Waals surface area contributed by atoms with Crippen LogP contribution < -0.4 is 11.1 Å². The summed E-state index contributed by atoms with van der Waals surface area (Å²) in [4.78, 5) is 22.6. The number of carbonyl (C=O) groups is 1. The van der Waals surface area contributed by atoms with Gasteiger partial charge in [0.25, 0.3) is 0 Å². The third-order valence-corrected chi connectivity index (χ3v) is 9.76. The predicted octanol–water partition coefficient (Wildman–Crippen LogP) is 10.6. The first-order valence-corrected chi connectivity index (χ1v) is 21.5. The molecule has 0 saturated heterocycles. The van der Waals surface area contributed by atoms with E-state index in [-0.39, 0.29) is 25.7 Å². The Balaban J connectivity index is 4.29. The summed E-state index contributed by atoms with van der Waals surface area (Å²) in [6, 6.07) is -0.871. The highest BCUT2D eigenvalue weighted by Gasteiger charge is 2.26. The number of carbonyl (C=O) groups excluding carboxylic acids is 1. The second-order valence-corrected chi connectivity index (χ2v) is 14.9. The predicted molar refractivity (Wildman–Crippen MR) is 203 cm³/mol. The van der Waals surface area contributed by atoms with Gasteiger partial charge in [0.1, 0.15) is 0 Å². The number of nitrogens with two attached hydrogens (primary N) is 1. The zero-order valence-electron chi connectivity index (χ0n) is 31.2. The number of unbranched alkanes of at least 4 members (excludes halogenated alkanes) is 23. The van der Waals surface area contributed by atoms with Crippen LogP contribution in [-0.2, 0) is 18.4 Å². The zero-order chi connectivity index (χ0) is 35.4. The molecule has 5 N–H and O–H groups in total. The van der Waals surface area contributed by atoms with E-state index < -0.39 is 20.0 Å². The summed E-state index contributed by atoms with van der Waals surface area (Å²) in [5.41, 5.74) is 5.36. The minimum absolute atomic E-state index is 0.0756. The number of aliphatic hydroxyl groups is 1. The number of allylic oxidation sites excluding steroid dienone is 3. The smallest absolute Gasteiger partial charge is 0.387 e. The number of aliphatic hydroxyl groups excluding tert-OH is 1. The Morgan fingerprint density at radius 3 is 1.60 bits per heavy atom. The average molecular weight is 701 g/mol. The summed E-state index contributed by atoms with van der Waals surface area (Å²) in [5, 5.41) is 13.6. The number of amides is 1. The lowest BCUT2D eigenvalue weighted by atomic mass is 10.0. The van der Waals surface area contributed by atoms with Crippen molar-refractivity contribution in [2.45, 2.75) is 199 Å². The van der Waals surface area contributed by atoms with E-state index in [4.69, 9.17) is 14.8 Å². The molecule has 0 aromatic heterocycles. The summed E-state index contributed by atoms with van der Waals surface area (Å²) in [6.45, 7) is 4.10. The van der Waals surface area contributed by atoms with Gasteiger partial charge in [0, 0.05) is 13.0 Å². The van der Waals surface area contributed by atoms with Crippen molar-refractivity contribution in [3.05, 3.63) is 24.3 Å². The maximum absolute atomic E-state index is 12.7. The molecule has 0 aliphatic carbocycles. The van der Waals surface area contributed by atoms with Gasteiger partial charge in [-0.3, -0.25) is 13.8 Å². The van der Waals surface area contributed by atoms with E-state index in [9.17, 15) is 19.4 Å². The van der Waals surface area contributed by atoms with Gasteiger partial charge in [-0.25, -0.2) is 4.57 Å². The summed E-state index contributed by atoms with van der Waals surface area (Å²) in [6.07, 6.45) is 39.4. The molecule has 0 aromatic rings. The first-order chi connectivity index (χ1) is 23.4. The fourth-order valence-electron chi connectivity index (χ4n) is 5.74. The minimum atomic E-state index is -4.34. The summed E-state index contributed by atoms with van der Waals surface area (Å²) < 4.78 is 22.0. The van der Waals surface area contributed by atoms with E-state index in [0.717, 1.165) is 38.5 Å². The Kier molecular flexibility index (Phi) is 35.0. The first-order valence-electron chi connectivity index (χ1n) is 20.0. The van der Waals surface area contributed by atoms with Crippen molar-refractivity contribution in [2.24, 2.45) is 5.73 Å². The first kappa shape index (κ1) is 47.0. The van der Waals surface area contributed by atoms with E-state index in [1.165, 1.54) is 128 Å². The Morgan fingerprint density at radius 2 is 1.10 bits per heavy atom. The lowest BCUT2D eigenvalue weighted by molar-refractivity contribution is -0.123. The number of rotatable bonds is 37. The molecular formula is C39H77N2O6P. The van der Waals surface area contributed by atoms with Crippen LogP contribution in [0.1, 0.15) is 187 Å². The Bertz CT molecular complexity index is 809. The van der Waals surface area contributed by atoms with E-state index in [1.54, 1.807) is 6.08 Å². The number of phosphoric acid groups is 1. The van der Waals surface area contributed by atoms with Crippen LogP contribution in [0, 0.1) is 0 Å². The topological polar surface area (TPSA) is 131 Å². The molecule has 0 rings (SSSR count). The van der Waals surface area contributed by atoms with Gasteiger partial charge in [-0.1, -0.05) is 173 Å². The fraction of sp³-hybridized carbons (Fsp3) is 0.872. The van der Waals surface area contributed by atoms with Crippen molar-refractivity contribution in [3.8, 4) is 0 Å². The van der Waals surface area contributed by atoms with Crippen LogP contribution in [0.2, 0.25) is 0 Å². The number of phosphoric ester groups is 1. The van der Waals surface area contributed by atoms with Crippen LogP contribution in [0.15, 0.2) is 24.3 Å². The molecule has 0 aliphatic rings. The normalized spacial score (nSPS) is 14.5. The highest BCUT2D eigenvalue weighted by molar-refractivity contribution is 7.47. The van der Waals surface area contributed by atoms with Crippen LogP contribution in [0.3, 0.4) is 0 Å². The largest absolute Gasteiger partial charge is 0.472 e. The molecule has 284 valence electrons. The second kappa shape index (κ2) is 35.8. The second-order valence-electron chi connectivity index (χ2n) is 13.5. The van der Waals surface area contributed by atoms with Gasteiger partial charge in [-0.2, -0.15) is 0 Å². The van der Waals surface area contributed by atoms with Gasteiger partial charge in [0.15, 0.2) is 0 Å². The van der Waals surface area contributed by atoms with Crippen molar-refractivity contribution in [1.82, 2.24) is 5.32 Å². The SMILES string of the molecule is CCCCCCCCC/C=C/CC/C=C/C(O)C(COP(=O)(O)OCCN)NC(=O)CCCCCCCCCCCCCCCCCC. The highest BCUT2D eigenvalue weighted by Crippen LogP contribution is 2.43. The molecule has 0 aromatic carbocycles. The molecule has 3 unspecified atom stereocenters. The van der Waals surface area contributed by atoms with E-state index in [2.05, 4.69) is 31.3 Å². The summed E-state index contributed by atoms with van der Waals surface area (Å²) in [5.74, 6) is -0.203. The highest BCUT2D eigenvalue weighted by atomic mass is 31.2. The minimum Gasteiger partial charge on any atom is -0.387 e. The van der Waals surface area contributed by atoms with Crippen LogP contribution in [0.5, 0.6) is 0 Å². The molecule has 0 fully saturated rings. The van der Waals surface area contributed by atoms with E-state index >= 15 is 0 Å². The monoisotopic (exact) mass is 701 g/mol. The number of hydrogen-bond donors (Lipinski definition) is 4. The molecule has 9 heteroatoms. The molecule has 0 aliphatic heterocycles. The van der Waals surface area contributed by atoms with E-state index in [0.29, 0.717) is 6.42 Å². The van der Waals surface area contributed by atoms with Gasteiger partial charge in [0.2, 0.25) is 5.91 Å². The fourth-order valence-corrected chi connectivity index (χ4v) is 6.49. The van der Waals surface area contributed by atoms with Crippen molar-refractivity contribution < 1.29 is 28.4 Å². The Morgan fingerprint density at radius 1 is 0.667 bits per heavy atom. The maximum atomic E-state index is 12.7. The molecular weight excluding hydrogens is 623 g/mol. The number of nitrogens with one attached hydrogen (secondary N) is 1. The van der Waals surface area contributed by atoms with E-state index in [1.807, 2.05) is 6.08 Å². The molecule has 0 radical (unpaired) electrons. The molecule has 0 spiro atoms. The van der Waals surface area contributed by atoms with Gasteiger partial charge >= 0.3 is 7.82 Å². The van der Waals surface area contributed by atoms with Crippen LogP contribution in [-0.4, -0.2) is 47.8 Å². The van der Waals surface area contributed by atoms with Crippen LogP contribution >= 0.6 is 7.82 Å². The molecule has 3 atom stereocenters. The lowest BCUT2D eigenvalue weighted by Gasteiger charge is -2.23.